The number of benzene rings is 1. The normalized spacial score (nSPS) is 12.9. The van der Waals surface area contributed by atoms with Crippen LogP contribution < -0.4 is 10.6 Å². The van der Waals surface area contributed by atoms with E-state index in [4.69, 9.17) is 0 Å². The first-order chi connectivity index (χ1) is 11.6. The van der Waals surface area contributed by atoms with Gasteiger partial charge in [-0.05, 0) is 26.3 Å². The Morgan fingerprint density at radius 3 is 2.62 bits per heavy atom. The first-order valence-corrected chi connectivity index (χ1v) is 9.08. The maximum atomic E-state index is 10.3. The van der Waals surface area contributed by atoms with E-state index in [0.717, 1.165) is 36.0 Å². The van der Waals surface area contributed by atoms with E-state index in [-0.39, 0.29) is 0 Å². The highest BCUT2D eigenvalue weighted by Gasteiger charge is 2.07. The van der Waals surface area contributed by atoms with E-state index in [1.807, 2.05) is 44.3 Å². The van der Waals surface area contributed by atoms with Crippen molar-refractivity contribution in [3.8, 4) is 0 Å². The summed E-state index contributed by atoms with van der Waals surface area (Å²) >= 11 is 1.72. The van der Waals surface area contributed by atoms with E-state index >= 15 is 0 Å². The largest absolute Gasteiger partial charge is 0.386 e. The summed E-state index contributed by atoms with van der Waals surface area (Å²) in [6, 6.07) is 7.89. The van der Waals surface area contributed by atoms with E-state index in [1.54, 1.807) is 11.3 Å². The van der Waals surface area contributed by atoms with Gasteiger partial charge in [-0.2, -0.15) is 0 Å². The average molecular weight is 347 g/mol. The molecule has 0 bridgehead atoms. The summed E-state index contributed by atoms with van der Waals surface area (Å²) in [5.74, 6) is 0.719. The number of aliphatic hydroxyl groups is 1. The highest BCUT2D eigenvalue weighted by atomic mass is 32.1. The molecule has 24 heavy (non-hydrogen) atoms. The molecule has 0 saturated carbocycles. The minimum Gasteiger partial charge on any atom is -0.386 e. The summed E-state index contributed by atoms with van der Waals surface area (Å²) in [5.41, 5.74) is 2.07. The molecule has 2 rings (SSSR count). The zero-order valence-electron chi connectivity index (χ0n) is 14.5. The van der Waals surface area contributed by atoms with Crippen molar-refractivity contribution < 1.29 is 5.11 Å². The molecule has 0 aliphatic rings. The average Bonchev–Trinajstić information content (AvgIpc) is 2.98. The summed E-state index contributed by atoms with van der Waals surface area (Å²) in [4.78, 5) is 10.1. The highest BCUT2D eigenvalue weighted by Crippen LogP contribution is 2.14. The summed E-state index contributed by atoms with van der Waals surface area (Å²) in [6.07, 6.45) is 2.17. The summed E-state index contributed by atoms with van der Waals surface area (Å²) < 4.78 is 0. The van der Waals surface area contributed by atoms with Crippen molar-refractivity contribution in [2.75, 3.05) is 19.6 Å². The van der Waals surface area contributed by atoms with Gasteiger partial charge in [0.05, 0.1) is 17.7 Å². The van der Waals surface area contributed by atoms with E-state index < -0.39 is 6.10 Å². The highest BCUT2D eigenvalue weighted by molar-refractivity contribution is 7.11. The first kappa shape index (κ1) is 18.4. The number of aromatic nitrogens is 1. The predicted molar refractivity (Wildman–Crippen MR) is 101 cm³/mol. The van der Waals surface area contributed by atoms with Gasteiger partial charge in [-0.3, -0.25) is 4.99 Å². The lowest BCUT2D eigenvalue weighted by atomic mass is 10.1. The topological polar surface area (TPSA) is 69.5 Å². The van der Waals surface area contributed by atoms with Crippen LogP contribution in [-0.2, 0) is 6.42 Å². The molecule has 0 fully saturated rings. The van der Waals surface area contributed by atoms with Gasteiger partial charge in [0.2, 0.25) is 0 Å². The van der Waals surface area contributed by atoms with Crippen molar-refractivity contribution in [1.82, 2.24) is 15.6 Å². The van der Waals surface area contributed by atoms with Crippen molar-refractivity contribution in [2.45, 2.75) is 33.3 Å². The second-order valence-corrected chi connectivity index (χ2v) is 7.01. The second-order valence-electron chi connectivity index (χ2n) is 5.69. The molecule has 1 aromatic carbocycles. The zero-order chi connectivity index (χ0) is 17.4. The monoisotopic (exact) mass is 346 g/mol. The Morgan fingerprint density at radius 2 is 2.00 bits per heavy atom. The number of hydrogen-bond acceptors (Lipinski definition) is 4. The Morgan fingerprint density at radius 1 is 1.25 bits per heavy atom. The molecule has 0 amide bonds. The Balaban J connectivity index is 1.86. The molecule has 1 unspecified atom stereocenters. The van der Waals surface area contributed by atoms with Crippen LogP contribution >= 0.6 is 11.3 Å². The van der Waals surface area contributed by atoms with E-state index in [9.17, 15) is 5.11 Å². The number of aryl methyl sites for hydroxylation is 2. The lowest BCUT2D eigenvalue weighted by molar-refractivity contribution is 0.187. The van der Waals surface area contributed by atoms with Gasteiger partial charge in [-0.15, -0.1) is 11.3 Å². The lowest BCUT2D eigenvalue weighted by Gasteiger charge is -2.13. The third-order valence-corrected chi connectivity index (χ3v) is 4.50. The minimum atomic E-state index is -0.595. The number of thiazole rings is 1. The van der Waals surface area contributed by atoms with Crippen molar-refractivity contribution in [3.63, 3.8) is 0 Å². The number of aliphatic imine (C=N–C) groups is 1. The van der Waals surface area contributed by atoms with Gasteiger partial charge in [-0.1, -0.05) is 29.8 Å². The molecule has 0 aliphatic heterocycles. The molecule has 3 N–H and O–H groups in total. The molecule has 1 heterocycles. The van der Waals surface area contributed by atoms with Crippen molar-refractivity contribution >= 4 is 17.3 Å². The van der Waals surface area contributed by atoms with E-state index in [1.165, 1.54) is 10.4 Å². The molecule has 0 spiro atoms. The van der Waals surface area contributed by atoms with Crippen LogP contribution in [0.3, 0.4) is 0 Å². The van der Waals surface area contributed by atoms with Gasteiger partial charge < -0.3 is 15.7 Å². The molecule has 5 nitrogen and oxygen atoms in total. The molecule has 6 heteroatoms. The van der Waals surface area contributed by atoms with Crippen LogP contribution in [0.1, 0.15) is 34.0 Å². The summed E-state index contributed by atoms with van der Waals surface area (Å²) in [7, 11) is 0. The van der Waals surface area contributed by atoms with Gasteiger partial charge in [0.15, 0.2) is 5.96 Å². The maximum absolute atomic E-state index is 10.3. The maximum Gasteiger partial charge on any atom is 0.191 e. The number of hydrogen-bond donors (Lipinski definition) is 3. The molecule has 0 radical (unpaired) electrons. The van der Waals surface area contributed by atoms with Crippen LogP contribution in [0.4, 0.5) is 0 Å². The number of aliphatic hydroxyl groups excluding tert-OH is 1. The van der Waals surface area contributed by atoms with Gasteiger partial charge in [0.1, 0.15) is 0 Å². The first-order valence-electron chi connectivity index (χ1n) is 8.26. The van der Waals surface area contributed by atoms with Crippen LogP contribution in [-0.4, -0.2) is 35.7 Å². The Bertz CT molecular complexity index is 651. The molecule has 2 aromatic rings. The molecule has 0 saturated heterocycles. The third kappa shape index (κ3) is 5.94. The SMILES string of the molecule is CCNC(=NCC(O)c1ccc(C)cc1)NCCc1ncc(C)s1. The fourth-order valence-corrected chi connectivity index (χ4v) is 3.00. The number of guanidine groups is 1. The van der Waals surface area contributed by atoms with Crippen molar-refractivity contribution in [1.29, 1.82) is 0 Å². The molecule has 1 aromatic heterocycles. The standard InChI is InChI=1S/C18H26N4OS/c1-4-19-18(20-10-9-17-21-11-14(3)24-17)22-12-16(23)15-7-5-13(2)6-8-15/h5-8,11,16,23H,4,9-10,12H2,1-3H3,(H2,19,20,22). The van der Waals surface area contributed by atoms with Gasteiger partial charge >= 0.3 is 0 Å². The second kappa shape index (κ2) is 9.39. The van der Waals surface area contributed by atoms with Crippen LogP contribution in [0.5, 0.6) is 0 Å². The Labute approximate surface area is 147 Å². The molecule has 130 valence electrons. The smallest absolute Gasteiger partial charge is 0.191 e. The third-order valence-electron chi connectivity index (χ3n) is 3.53. The van der Waals surface area contributed by atoms with Crippen molar-refractivity contribution in [3.05, 3.63) is 51.5 Å². The van der Waals surface area contributed by atoms with Crippen LogP contribution in [0, 0.1) is 13.8 Å². The molecule has 0 aliphatic carbocycles. The van der Waals surface area contributed by atoms with Gasteiger partial charge in [0, 0.05) is 30.6 Å². The van der Waals surface area contributed by atoms with Gasteiger partial charge in [0.25, 0.3) is 0 Å². The molecular formula is C18H26N4OS. The summed E-state index contributed by atoms with van der Waals surface area (Å²) in [6.45, 7) is 7.99. The Kier molecular flexibility index (Phi) is 7.21. The van der Waals surface area contributed by atoms with Crippen LogP contribution in [0.15, 0.2) is 35.5 Å². The van der Waals surface area contributed by atoms with Gasteiger partial charge in [-0.25, -0.2) is 4.98 Å². The number of nitrogens with one attached hydrogen (secondary N) is 2. The van der Waals surface area contributed by atoms with E-state index in [2.05, 4.69) is 27.5 Å². The summed E-state index contributed by atoms with van der Waals surface area (Å²) in [5, 5.41) is 17.9. The molecular weight excluding hydrogens is 320 g/mol. The quantitative estimate of drug-likeness (QED) is 0.532. The number of rotatable bonds is 7. The minimum absolute atomic E-state index is 0.328. The van der Waals surface area contributed by atoms with Crippen LogP contribution in [0.25, 0.3) is 0 Å². The zero-order valence-corrected chi connectivity index (χ0v) is 15.4. The Hall–Kier alpha value is -1.92. The fraction of sp³-hybridized carbons (Fsp3) is 0.444. The number of nitrogens with zero attached hydrogens (tertiary/aromatic N) is 2. The van der Waals surface area contributed by atoms with Crippen LogP contribution in [0.2, 0.25) is 0 Å². The lowest BCUT2D eigenvalue weighted by Crippen LogP contribution is -2.38. The van der Waals surface area contributed by atoms with E-state index in [0.29, 0.717) is 6.54 Å². The van der Waals surface area contributed by atoms with Crippen molar-refractivity contribution in [2.24, 2.45) is 4.99 Å². The molecule has 1 atom stereocenters. The fourth-order valence-electron chi connectivity index (χ4n) is 2.22. The predicted octanol–water partition coefficient (Wildman–Crippen LogP) is 2.59.